The van der Waals surface area contributed by atoms with Crippen LogP contribution in [0.2, 0.25) is 5.02 Å². The number of hydrogen-bond donors (Lipinski definition) is 2. The van der Waals surface area contributed by atoms with Crippen LogP contribution in [0.3, 0.4) is 0 Å². The topological polar surface area (TPSA) is 63.2 Å². The Labute approximate surface area is 157 Å². The molecule has 0 atom stereocenters. The van der Waals surface area contributed by atoms with E-state index < -0.39 is 0 Å². The number of carbonyl (C=O) groups is 1. The molecule has 132 valence electrons. The Morgan fingerprint density at radius 2 is 1.88 bits per heavy atom. The lowest BCUT2D eigenvalue weighted by Gasteiger charge is -2.09. The Bertz CT molecular complexity index is 880. The van der Waals surface area contributed by atoms with E-state index in [4.69, 9.17) is 16.3 Å². The number of carbonyl (C=O) groups excluding carboxylic acids is 1. The van der Waals surface area contributed by atoms with Gasteiger partial charge in [0.15, 0.2) is 6.61 Å². The van der Waals surface area contributed by atoms with Crippen molar-refractivity contribution in [2.45, 2.75) is 6.92 Å². The number of aryl methyl sites for hydroxylation is 1. The van der Waals surface area contributed by atoms with Crippen molar-refractivity contribution in [1.82, 2.24) is 4.98 Å². The molecule has 0 fully saturated rings. The summed E-state index contributed by atoms with van der Waals surface area (Å²) in [5.41, 5.74) is 2.73. The number of aromatic nitrogens is 1. The third-order valence-corrected chi connectivity index (χ3v) is 3.77. The summed E-state index contributed by atoms with van der Waals surface area (Å²) in [4.78, 5) is 16.3. The monoisotopic (exact) mass is 367 g/mol. The molecule has 0 saturated heterocycles. The van der Waals surface area contributed by atoms with Gasteiger partial charge in [-0.25, -0.2) is 4.98 Å². The Balaban J connectivity index is 1.51. The molecule has 2 N–H and O–H groups in total. The van der Waals surface area contributed by atoms with Crippen LogP contribution >= 0.6 is 11.6 Å². The van der Waals surface area contributed by atoms with E-state index in [0.717, 1.165) is 5.69 Å². The maximum atomic E-state index is 12.0. The first kappa shape index (κ1) is 17.8. The maximum Gasteiger partial charge on any atom is 0.262 e. The van der Waals surface area contributed by atoms with Crippen LogP contribution in [0.15, 0.2) is 66.9 Å². The number of pyridine rings is 1. The SMILES string of the molecule is Cc1cccc(Nc2ccc(NC(=O)COc3ccc(Cl)cc3)cn2)c1. The van der Waals surface area contributed by atoms with Gasteiger partial charge in [0.2, 0.25) is 0 Å². The Morgan fingerprint density at radius 1 is 1.08 bits per heavy atom. The number of ether oxygens (including phenoxy) is 1. The van der Waals surface area contributed by atoms with E-state index in [9.17, 15) is 4.79 Å². The molecule has 0 aliphatic rings. The number of anilines is 3. The van der Waals surface area contributed by atoms with Gasteiger partial charge in [-0.05, 0) is 61.0 Å². The second-order valence-corrected chi connectivity index (χ2v) is 6.15. The molecular formula is C20H18ClN3O2. The summed E-state index contributed by atoms with van der Waals surface area (Å²) in [5.74, 6) is 1.02. The number of halogens is 1. The molecule has 3 aromatic rings. The van der Waals surface area contributed by atoms with E-state index >= 15 is 0 Å². The molecule has 0 saturated carbocycles. The zero-order valence-electron chi connectivity index (χ0n) is 14.2. The van der Waals surface area contributed by atoms with Crippen LogP contribution in [0.5, 0.6) is 5.75 Å². The molecule has 1 heterocycles. The molecule has 1 amide bonds. The van der Waals surface area contributed by atoms with Crippen LogP contribution in [-0.2, 0) is 4.79 Å². The highest BCUT2D eigenvalue weighted by molar-refractivity contribution is 6.30. The van der Waals surface area contributed by atoms with Crippen LogP contribution in [-0.4, -0.2) is 17.5 Å². The van der Waals surface area contributed by atoms with Gasteiger partial charge in [0.05, 0.1) is 11.9 Å². The molecule has 0 unspecified atom stereocenters. The molecule has 2 aromatic carbocycles. The van der Waals surface area contributed by atoms with Gasteiger partial charge < -0.3 is 15.4 Å². The van der Waals surface area contributed by atoms with Crippen molar-refractivity contribution in [2.75, 3.05) is 17.2 Å². The van der Waals surface area contributed by atoms with Crippen molar-refractivity contribution in [2.24, 2.45) is 0 Å². The molecule has 1 aromatic heterocycles. The second-order valence-electron chi connectivity index (χ2n) is 5.72. The zero-order valence-corrected chi connectivity index (χ0v) is 15.0. The quantitative estimate of drug-likeness (QED) is 0.656. The van der Waals surface area contributed by atoms with Gasteiger partial charge in [0.25, 0.3) is 5.91 Å². The van der Waals surface area contributed by atoms with Crippen molar-refractivity contribution in [1.29, 1.82) is 0 Å². The van der Waals surface area contributed by atoms with Crippen LogP contribution in [0.25, 0.3) is 0 Å². The predicted molar refractivity (Wildman–Crippen MR) is 104 cm³/mol. The lowest BCUT2D eigenvalue weighted by molar-refractivity contribution is -0.118. The minimum Gasteiger partial charge on any atom is -0.484 e. The number of nitrogens with zero attached hydrogens (tertiary/aromatic N) is 1. The van der Waals surface area contributed by atoms with Crippen LogP contribution < -0.4 is 15.4 Å². The highest BCUT2D eigenvalue weighted by Gasteiger charge is 2.05. The van der Waals surface area contributed by atoms with E-state index in [1.54, 1.807) is 42.6 Å². The van der Waals surface area contributed by atoms with Gasteiger partial charge in [0, 0.05) is 10.7 Å². The third-order valence-electron chi connectivity index (χ3n) is 3.52. The summed E-state index contributed by atoms with van der Waals surface area (Å²) in [6, 6.07) is 18.4. The van der Waals surface area contributed by atoms with Crippen LogP contribution in [0, 0.1) is 6.92 Å². The predicted octanol–water partition coefficient (Wildman–Crippen LogP) is 4.80. The molecule has 5 nitrogen and oxygen atoms in total. The molecule has 0 aliphatic carbocycles. The number of hydrogen-bond acceptors (Lipinski definition) is 4. The van der Waals surface area contributed by atoms with E-state index in [1.807, 2.05) is 31.2 Å². The minimum absolute atomic E-state index is 0.0923. The van der Waals surface area contributed by atoms with Crippen LogP contribution in [0.4, 0.5) is 17.2 Å². The fourth-order valence-corrected chi connectivity index (χ4v) is 2.42. The van der Waals surface area contributed by atoms with Crippen molar-refractivity contribution in [3.05, 3.63) is 77.4 Å². The van der Waals surface area contributed by atoms with Gasteiger partial charge >= 0.3 is 0 Å². The maximum absolute atomic E-state index is 12.0. The van der Waals surface area contributed by atoms with Gasteiger partial charge in [-0.1, -0.05) is 23.7 Å². The average Bonchev–Trinajstić information content (AvgIpc) is 2.63. The standard InChI is InChI=1S/C20H18ClN3O2/c1-14-3-2-4-16(11-14)23-19-10-7-17(12-22-19)24-20(25)13-26-18-8-5-15(21)6-9-18/h2-12H,13H2,1H3,(H,22,23)(H,24,25). The lowest BCUT2D eigenvalue weighted by Crippen LogP contribution is -2.20. The van der Waals surface area contributed by atoms with E-state index in [2.05, 4.69) is 15.6 Å². The smallest absolute Gasteiger partial charge is 0.262 e. The number of rotatable bonds is 6. The third kappa shape index (κ3) is 5.22. The molecule has 6 heteroatoms. The number of nitrogens with one attached hydrogen (secondary N) is 2. The first-order chi connectivity index (χ1) is 12.6. The first-order valence-electron chi connectivity index (χ1n) is 8.06. The second kappa shape index (κ2) is 8.36. The normalized spacial score (nSPS) is 10.2. The zero-order chi connectivity index (χ0) is 18.4. The Hall–Kier alpha value is -3.05. The van der Waals surface area contributed by atoms with Gasteiger partial charge in [-0.3, -0.25) is 4.79 Å². The number of benzene rings is 2. The fourth-order valence-electron chi connectivity index (χ4n) is 2.29. The summed E-state index contributed by atoms with van der Waals surface area (Å²) in [6.07, 6.45) is 1.60. The fraction of sp³-hybridized carbons (Fsp3) is 0.100. The highest BCUT2D eigenvalue weighted by Crippen LogP contribution is 2.18. The van der Waals surface area contributed by atoms with Gasteiger partial charge in [-0.2, -0.15) is 0 Å². The van der Waals surface area contributed by atoms with E-state index in [0.29, 0.717) is 22.3 Å². The van der Waals surface area contributed by atoms with Gasteiger partial charge in [-0.15, -0.1) is 0 Å². The minimum atomic E-state index is -0.263. The van der Waals surface area contributed by atoms with Gasteiger partial charge in [0.1, 0.15) is 11.6 Å². The van der Waals surface area contributed by atoms with Crippen molar-refractivity contribution >= 4 is 34.7 Å². The van der Waals surface area contributed by atoms with E-state index in [-0.39, 0.29) is 12.5 Å². The van der Waals surface area contributed by atoms with E-state index in [1.165, 1.54) is 5.56 Å². The molecule has 26 heavy (non-hydrogen) atoms. The number of amides is 1. The highest BCUT2D eigenvalue weighted by atomic mass is 35.5. The van der Waals surface area contributed by atoms with Crippen molar-refractivity contribution in [3.63, 3.8) is 0 Å². The molecule has 0 aliphatic heterocycles. The van der Waals surface area contributed by atoms with Crippen LogP contribution in [0.1, 0.15) is 5.56 Å². The summed E-state index contributed by atoms with van der Waals surface area (Å²) in [6.45, 7) is 1.94. The average molecular weight is 368 g/mol. The Morgan fingerprint density at radius 3 is 2.58 bits per heavy atom. The molecule has 3 rings (SSSR count). The molecule has 0 bridgehead atoms. The first-order valence-corrected chi connectivity index (χ1v) is 8.44. The summed E-state index contributed by atoms with van der Waals surface area (Å²) < 4.78 is 5.41. The lowest BCUT2D eigenvalue weighted by atomic mass is 10.2. The molecule has 0 spiro atoms. The van der Waals surface area contributed by atoms with Crippen molar-refractivity contribution in [3.8, 4) is 5.75 Å². The Kier molecular flexibility index (Phi) is 5.71. The summed E-state index contributed by atoms with van der Waals surface area (Å²) in [7, 11) is 0. The largest absolute Gasteiger partial charge is 0.484 e. The summed E-state index contributed by atoms with van der Waals surface area (Å²) in [5, 5.41) is 6.58. The molecule has 0 radical (unpaired) electrons. The molecular weight excluding hydrogens is 350 g/mol. The van der Waals surface area contributed by atoms with Crippen molar-refractivity contribution < 1.29 is 9.53 Å². The summed E-state index contributed by atoms with van der Waals surface area (Å²) >= 11 is 5.81.